The second-order valence-electron chi connectivity index (χ2n) is 4.91. The number of carbonyl (C=O) groups is 1. The lowest BCUT2D eigenvalue weighted by Gasteiger charge is -2.09. The van der Waals surface area contributed by atoms with Crippen LogP contribution in [0.5, 0.6) is 0 Å². The molecule has 3 nitrogen and oxygen atoms in total. The molecule has 0 saturated heterocycles. The fraction of sp³-hybridized carbons (Fsp3) is 0.571. The van der Waals surface area contributed by atoms with E-state index in [1.165, 1.54) is 32.1 Å². The molecule has 0 unspecified atom stereocenters. The number of aromatic nitrogens is 1. The van der Waals surface area contributed by atoms with E-state index in [-0.39, 0.29) is 5.91 Å². The van der Waals surface area contributed by atoms with Crippen LogP contribution in [-0.2, 0) is 0 Å². The SMILES string of the molecule is O=C(NCCCC1CCCC1)c1cc(Cl)ccn1. The largest absolute Gasteiger partial charge is 0.351 e. The molecule has 1 amide bonds. The number of halogens is 1. The third-order valence-corrected chi connectivity index (χ3v) is 3.74. The van der Waals surface area contributed by atoms with Crippen LogP contribution < -0.4 is 5.32 Å². The molecule has 1 saturated carbocycles. The van der Waals surface area contributed by atoms with Crippen molar-refractivity contribution < 1.29 is 4.79 Å². The number of rotatable bonds is 5. The lowest BCUT2D eigenvalue weighted by molar-refractivity contribution is 0.0947. The van der Waals surface area contributed by atoms with Crippen molar-refractivity contribution in [3.8, 4) is 0 Å². The van der Waals surface area contributed by atoms with Crippen molar-refractivity contribution in [3.05, 3.63) is 29.0 Å². The summed E-state index contributed by atoms with van der Waals surface area (Å²) in [6, 6.07) is 3.26. The Morgan fingerprint density at radius 1 is 1.44 bits per heavy atom. The van der Waals surface area contributed by atoms with E-state index in [9.17, 15) is 4.79 Å². The Hall–Kier alpha value is -1.09. The van der Waals surface area contributed by atoms with E-state index in [4.69, 9.17) is 11.6 Å². The molecule has 1 fully saturated rings. The number of nitrogens with one attached hydrogen (secondary N) is 1. The normalized spacial score (nSPS) is 15.8. The highest BCUT2D eigenvalue weighted by Gasteiger charge is 2.14. The van der Waals surface area contributed by atoms with Gasteiger partial charge in [0.2, 0.25) is 0 Å². The summed E-state index contributed by atoms with van der Waals surface area (Å²) in [4.78, 5) is 15.8. The van der Waals surface area contributed by atoms with Crippen LogP contribution in [0.3, 0.4) is 0 Å². The Morgan fingerprint density at radius 2 is 2.22 bits per heavy atom. The molecule has 0 radical (unpaired) electrons. The maximum Gasteiger partial charge on any atom is 0.269 e. The summed E-state index contributed by atoms with van der Waals surface area (Å²) in [5.74, 6) is 0.745. The molecule has 1 N–H and O–H groups in total. The Kier molecular flexibility index (Phi) is 5.00. The van der Waals surface area contributed by atoms with Crippen LogP contribution in [0.4, 0.5) is 0 Å². The van der Waals surface area contributed by atoms with E-state index in [2.05, 4.69) is 10.3 Å². The second kappa shape index (κ2) is 6.74. The fourth-order valence-corrected chi connectivity index (χ4v) is 2.67. The first kappa shape index (κ1) is 13.3. The Balaban J connectivity index is 1.68. The molecule has 0 aliphatic heterocycles. The van der Waals surface area contributed by atoms with E-state index in [1.807, 2.05) is 0 Å². The van der Waals surface area contributed by atoms with Crippen LogP contribution in [0.25, 0.3) is 0 Å². The zero-order valence-corrected chi connectivity index (χ0v) is 11.2. The van der Waals surface area contributed by atoms with E-state index in [0.29, 0.717) is 10.7 Å². The van der Waals surface area contributed by atoms with Gasteiger partial charge in [-0.3, -0.25) is 9.78 Å². The van der Waals surface area contributed by atoms with Gasteiger partial charge >= 0.3 is 0 Å². The first-order valence-electron chi connectivity index (χ1n) is 6.65. The van der Waals surface area contributed by atoms with Gasteiger partial charge in [0.1, 0.15) is 5.69 Å². The van der Waals surface area contributed by atoms with Gasteiger partial charge in [-0.2, -0.15) is 0 Å². The molecule has 2 rings (SSSR count). The second-order valence-corrected chi connectivity index (χ2v) is 5.34. The zero-order valence-electron chi connectivity index (χ0n) is 10.5. The average molecular weight is 267 g/mol. The van der Waals surface area contributed by atoms with Gasteiger partial charge in [0.15, 0.2) is 0 Å². The molecule has 4 heteroatoms. The van der Waals surface area contributed by atoms with Crippen molar-refractivity contribution in [2.24, 2.45) is 5.92 Å². The standard InChI is InChI=1S/C14H19ClN2O/c15-12-7-9-16-13(10-12)14(18)17-8-3-6-11-4-1-2-5-11/h7,9-11H,1-6,8H2,(H,17,18). The Bertz CT molecular complexity index is 403. The van der Waals surface area contributed by atoms with Gasteiger partial charge in [-0.25, -0.2) is 0 Å². The lowest BCUT2D eigenvalue weighted by Crippen LogP contribution is -2.25. The van der Waals surface area contributed by atoms with Gasteiger partial charge < -0.3 is 5.32 Å². The summed E-state index contributed by atoms with van der Waals surface area (Å²) >= 11 is 5.82. The van der Waals surface area contributed by atoms with E-state index in [0.717, 1.165) is 18.9 Å². The molecule has 98 valence electrons. The summed E-state index contributed by atoms with van der Waals surface area (Å²) in [6.45, 7) is 0.726. The number of nitrogens with zero attached hydrogens (tertiary/aromatic N) is 1. The summed E-state index contributed by atoms with van der Waals surface area (Å²) in [5, 5.41) is 3.43. The van der Waals surface area contributed by atoms with Gasteiger partial charge in [-0.05, 0) is 30.9 Å². The zero-order chi connectivity index (χ0) is 12.8. The van der Waals surface area contributed by atoms with Crippen LogP contribution in [0.1, 0.15) is 49.0 Å². The summed E-state index contributed by atoms with van der Waals surface area (Å²) in [5.41, 5.74) is 0.392. The first-order chi connectivity index (χ1) is 8.75. The molecule has 1 aromatic heterocycles. The Labute approximate surface area is 113 Å². The third kappa shape index (κ3) is 3.98. The van der Waals surface area contributed by atoms with Crippen LogP contribution in [-0.4, -0.2) is 17.4 Å². The number of hydrogen-bond acceptors (Lipinski definition) is 2. The summed E-state index contributed by atoms with van der Waals surface area (Å²) < 4.78 is 0. The number of hydrogen-bond donors (Lipinski definition) is 1. The van der Waals surface area contributed by atoms with Crippen molar-refractivity contribution >= 4 is 17.5 Å². The smallest absolute Gasteiger partial charge is 0.269 e. The average Bonchev–Trinajstić information content (AvgIpc) is 2.87. The minimum Gasteiger partial charge on any atom is -0.351 e. The van der Waals surface area contributed by atoms with Crippen molar-refractivity contribution in [2.75, 3.05) is 6.54 Å². The van der Waals surface area contributed by atoms with Crippen LogP contribution in [0.2, 0.25) is 5.02 Å². The number of amides is 1. The lowest BCUT2D eigenvalue weighted by atomic mass is 10.0. The first-order valence-corrected chi connectivity index (χ1v) is 7.03. The van der Waals surface area contributed by atoms with E-state index in [1.54, 1.807) is 18.3 Å². The van der Waals surface area contributed by atoms with Crippen LogP contribution in [0.15, 0.2) is 18.3 Å². The minimum atomic E-state index is -0.135. The van der Waals surface area contributed by atoms with Gasteiger partial charge in [0.05, 0.1) is 0 Å². The highest BCUT2D eigenvalue weighted by atomic mass is 35.5. The molecule has 1 aromatic rings. The maximum absolute atomic E-state index is 11.8. The van der Waals surface area contributed by atoms with Crippen LogP contribution in [0, 0.1) is 5.92 Å². The molecular formula is C14H19ClN2O. The molecule has 18 heavy (non-hydrogen) atoms. The molecule has 1 aliphatic carbocycles. The molecule has 0 atom stereocenters. The predicted octanol–water partition coefficient (Wildman–Crippen LogP) is 3.44. The van der Waals surface area contributed by atoms with Crippen LogP contribution >= 0.6 is 11.6 Å². The van der Waals surface area contributed by atoms with E-state index >= 15 is 0 Å². The van der Waals surface area contributed by atoms with Gasteiger partial charge in [0.25, 0.3) is 5.91 Å². The van der Waals surface area contributed by atoms with Gasteiger partial charge in [-0.15, -0.1) is 0 Å². The van der Waals surface area contributed by atoms with E-state index < -0.39 is 0 Å². The molecular weight excluding hydrogens is 248 g/mol. The monoisotopic (exact) mass is 266 g/mol. The summed E-state index contributed by atoms with van der Waals surface area (Å²) in [6.07, 6.45) is 9.32. The maximum atomic E-state index is 11.8. The minimum absolute atomic E-state index is 0.135. The molecule has 1 heterocycles. The summed E-state index contributed by atoms with van der Waals surface area (Å²) in [7, 11) is 0. The number of pyridine rings is 1. The van der Waals surface area contributed by atoms with Gasteiger partial charge in [0, 0.05) is 17.8 Å². The third-order valence-electron chi connectivity index (χ3n) is 3.50. The highest BCUT2D eigenvalue weighted by Crippen LogP contribution is 2.28. The number of carbonyl (C=O) groups excluding carboxylic acids is 1. The predicted molar refractivity (Wildman–Crippen MR) is 72.8 cm³/mol. The quantitative estimate of drug-likeness (QED) is 0.830. The molecule has 1 aliphatic rings. The topological polar surface area (TPSA) is 42.0 Å². The molecule has 0 bridgehead atoms. The van der Waals surface area contributed by atoms with Crippen molar-refractivity contribution in [1.82, 2.24) is 10.3 Å². The van der Waals surface area contributed by atoms with Crippen molar-refractivity contribution in [1.29, 1.82) is 0 Å². The van der Waals surface area contributed by atoms with Crippen molar-refractivity contribution in [3.63, 3.8) is 0 Å². The molecule has 0 aromatic carbocycles. The highest BCUT2D eigenvalue weighted by molar-refractivity contribution is 6.30. The molecule has 0 spiro atoms. The Morgan fingerprint density at radius 3 is 2.94 bits per heavy atom. The fourth-order valence-electron chi connectivity index (χ4n) is 2.51. The van der Waals surface area contributed by atoms with Gasteiger partial charge in [-0.1, -0.05) is 37.3 Å². The van der Waals surface area contributed by atoms with Crippen molar-refractivity contribution in [2.45, 2.75) is 38.5 Å².